The van der Waals surface area contributed by atoms with Crippen molar-refractivity contribution in [2.24, 2.45) is 0 Å². The molecule has 3 aromatic rings. The van der Waals surface area contributed by atoms with Gasteiger partial charge in [0.15, 0.2) is 5.65 Å². The highest BCUT2D eigenvalue weighted by molar-refractivity contribution is 5.78. The largest absolute Gasteiger partial charge is 0.474 e. The van der Waals surface area contributed by atoms with Crippen LogP contribution in [0.3, 0.4) is 0 Å². The minimum atomic E-state index is -0.511. The van der Waals surface area contributed by atoms with E-state index in [1.807, 2.05) is 19.9 Å². The maximum absolute atomic E-state index is 14.5. The molecule has 0 aliphatic carbocycles. The minimum Gasteiger partial charge on any atom is -0.474 e. The molecule has 1 saturated heterocycles. The summed E-state index contributed by atoms with van der Waals surface area (Å²) in [4.78, 5) is 18.1. The molecule has 0 spiro atoms. The standard InChI is InChI=1S/C22H22FN5O3/c1-14(2)30-22(29)27-9-6-16(7-10-27)31-20-5-8-25-21-18(13-26-28(20)21)17-4-3-15(12-24)11-19(17)23/h3-5,8,11,13-14,16H,6-7,9-10H2,1-2H3. The van der Waals surface area contributed by atoms with Crippen molar-refractivity contribution in [3.05, 3.63) is 48.0 Å². The van der Waals surface area contributed by atoms with Gasteiger partial charge in [-0.1, -0.05) is 0 Å². The second-order valence-corrected chi connectivity index (χ2v) is 7.62. The summed E-state index contributed by atoms with van der Waals surface area (Å²) in [5, 5.41) is 13.3. The van der Waals surface area contributed by atoms with Crippen LogP contribution in [-0.2, 0) is 4.74 Å². The van der Waals surface area contributed by atoms with E-state index < -0.39 is 5.82 Å². The first-order valence-corrected chi connectivity index (χ1v) is 10.1. The Balaban J connectivity index is 1.51. The molecule has 31 heavy (non-hydrogen) atoms. The number of ether oxygens (including phenoxy) is 2. The lowest BCUT2D eigenvalue weighted by Gasteiger charge is -2.31. The van der Waals surface area contributed by atoms with Gasteiger partial charge in [0.2, 0.25) is 5.88 Å². The maximum atomic E-state index is 14.5. The highest BCUT2D eigenvalue weighted by Crippen LogP contribution is 2.29. The zero-order chi connectivity index (χ0) is 22.0. The number of rotatable bonds is 4. The molecule has 2 aromatic heterocycles. The van der Waals surface area contributed by atoms with Crippen molar-refractivity contribution >= 4 is 11.7 Å². The van der Waals surface area contributed by atoms with E-state index in [0.29, 0.717) is 48.6 Å². The van der Waals surface area contributed by atoms with Crippen molar-refractivity contribution in [1.29, 1.82) is 5.26 Å². The van der Waals surface area contributed by atoms with Gasteiger partial charge in [0.1, 0.15) is 11.9 Å². The molecule has 0 unspecified atom stereocenters. The molecule has 0 saturated carbocycles. The lowest BCUT2D eigenvalue weighted by Crippen LogP contribution is -2.42. The molecule has 0 bridgehead atoms. The summed E-state index contributed by atoms with van der Waals surface area (Å²) < 4.78 is 27.4. The molecule has 1 amide bonds. The quantitative estimate of drug-likeness (QED) is 0.634. The number of nitrogens with zero attached hydrogens (tertiary/aromatic N) is 5. The van der Waals surface area contributed by atoms with Gasteiger partial charge in [-0.2, -0.15) is 14.9 Å². The lowest BCUT2D eigenvalue weighted by atomic mass is 10.1. The van der Waals surface area contributed by atoms with Crippen molar-refractivity contribution in [1.82, 2.24) is 19.5 Å². The van der Waals surface area contributed by atoms with Crippen LogP contribution in [-0.4, -0.2) is 50.9 Å². The topological polar surface area (TPSA) is 92.7 Å². The van der Waals surface area contributed by atoms with Gasteiger partial charge in [0.25, 0.3) is 0 Å². The van der Waals surface area contributed by atoms with E-state index in [2.05, 4.69) is 10.1 Å². The third-order valence-electron chi connectivity index (χ3n) is 5.08. The summed E-state index contributed by atoms with van der Waals surface area (Å²) in [5.41, 5.74) is 1.53. The number of halogens is 1. The lowest BCUT2D eigenvalue weighted by molar-refractivity contribution is 0.0502. The van der Waals surface area contributed by atoms with Crippen LogP contribution in [0.2, 0.25) is 0 Å². The third-order valence-corrected chi connectivity index (χ3v) is 5.08. The summed E-state index contributed by atoms with van der Waals surface area (Å²) in [6.45, 7) is 4.74. The Labute approximate surface area is 178 Å². The van der Waals surface area contributed by atoms with Crippen molar-refractivity contribution < 1.29 is 18.7 Å². The maximum Gasteiger partial charge on any atom is 0.410 e. The molecule has 0 radical (unpaired) electrons. The number of hydrogen-bond acceptors (Lipinski definition) is 6. The molecule has 3 heterocycles. The van der Waals surface area contributed by atoms with Gasteiger partial charge in [0, 0.05) is 49.3 Å². The van der Waals surface area contributed by atoms with Crippen LogP contribution in [0, 0.1) is 17.1 Å². The number of fused-ring (bicyclic) bond motifs is 1. The third kappa shape index (κ3) is 4.28. The summed E-state index contributed by atoms with van der Waals surface area (Å²) in [6.07, 6.45) is 3.90. The van der Waals surface area contributed by atoms with Gasteiger partial charge >= 0.3 is 6.09 Å². The van der Waals surface area contributed by atoms with Crippen molar-refractivity contribution in [2.45, 2.75) is 38.9 Å². The monoisotopic (exact) mass is 423 g/mol. The SMILES string of the molecule is CC(C)OC(=O)N1CCC(Oc2ccnc3c(-c4ccc(C#N)cc4F)cnn23)CC1. The molecule has 1 fully saturated rings. The van der Waals surface area contributed by atoms with Crippen LogP contribution in [0.5, 0.6) is 5.88 Å². The van der Waals surface area contributed by atoms with E-state index in [-0.39, 0.29) is 23.9 Å². The number of carbonyl (C=O) groups excluding carboxylic acids is 1. The second kappa shape index (κ2) is 8.60. The highest BCUT2D eigenvalue weighted by atomic mass is 19.1. The van der Waals surface area contributed by atoms with Crippen LogP contribution in [0.15, 0.2) is 36.7 Å². The number of piperidine rings is 1. The Morgan fingerprint density at radius 3 is 2.71 bits per heavy atom. The number of carbonyl (C=O) groups is 1. The normalized spacial score (nSPS) is 14.6. The molecule has 1 aliphatic heterocycles. The Kier molecular flexibility index (Phi) is 5.71. The zero-order valence-corrected chi connectivity index (χ0v) is 17.3. The van der Waals surface area contributed by atoms with Crippen LogP contribution >= 0.6 is 0 Å². The predicted octanol–water partition coefficient (Wildman–Crippen LogP) is 3.80. The van der Waals surface area contributed by atoms with E-state index in [1.165, 1.54) is 16.8 Å². The van der Waals surface area contributed by atoms with Crippen LogP contribution in [0.1, 0.15) is 32.3 Å². The molecular formula is C22H22FN5O3. The van der Waals surface area contributed by atoms with Crippen molar-refractivity contribution in [3.63, 3.8) is 0 Å². The number of benzene rings is 1. The Morgan fingerprint density at radius 1 is 1.26 bits per heavy atom. The molecule has 0 atom stereocenters. The fourth-order valence-corrected chi connectivity index (χ4v) is 3.56. The Bertz CT molecular complexity index is 1150. The van der Waals surface area contributed by atoms with Crippen molar-refractivity contribution in [3.8, 4) is 23.1 Å². The fourth-order valence-electron chi connectivity index (χ4n) is 3.56. The predicted molar refractivity (Wildman–Crippen MR) is 110 cm³/mol. The van der Waals surface area contributed by atoms with Crippen LogP contribution in [0.25, 0.3) is 16.8 Å². The number of likely N-dealkylation sites (tertiary alicyclic amines) is 1. The summed E-state index contributed by atoms with van der Waals surface area (Å²) in [6, 6.07) is 7.92. The number of nitriles is 1. The summed E-state index contributed by atoms with van der Waals surface area (Å²) >= 11 is 0. The number of hydrogen-bond donors (Lipinski definition) is 0. The average Bonchev–Trinajstić information content (AvgIpc) is 3.18. The van der Waals surface area contributed by atoms with Gasteiger partial charge in [-0.05, 0) is 32.0 Å². The van der Waals surface area contributed by atoms with E-state index in [4.69, 9.17) is 14.7 Å². The summed E-state index contributed by atoms with van der Waals surface area (Å²) in [5.74, 6) is -0.0174. The molecule has 4 rings (SSSR count). The smallest absolute Gasteiger partial charge is 0.410 e. The summed E-state index contributed by atoms with van der Waals surface area (Å²) in [7, 11) is 0. The zero-order valence-electron chi connectivity index (χ0n) is 17.3. The van der Waals surface area contributed by atoms with Crippen molar-refractivity contribution in [2.75, 3.05) is 13.1 Å². The molecule has 0 N–H and O–H groups in total. The molecule has 1 aliphatic rings. The van der Waals surface area contributed by atoms with Gasteiger partial charge in [-0.25, -0.2) is 14.2 Å². The average molecular weight is 423 g/mol. The molecule has 160 valence electrons. The molecule has 8 nitrogen and oxygen atoms in total. The van der Waals surface area contributed by atoms with E-state index in [1.54, 1.807) is 29.3 Å². The molecular weight excluding hydrogens is 401 g/mol. The number of aromatic nitrogens is 3. The van der Waals surface area contributed by atoms with E-state index in [0.717, 1.165) is 0 Å². The first-order valence-electron chi connectivity index (χ1n) is 10.1. The van der Waals surface area contributed by atoms with E-state index >= 15 is 0 Å². The Hall–Kier alpha value is -3.67. The Morgan fingerprint density at radius 2 is 2.03 bits per heavy atom. The fraction of sp³-hybridized carbons (Fsp3) is 0.364. The first-order chi connectivity index (χ1) is 15.0. The number of amides is 1. The van der Waals surface area contributed by atoms with Gasteiger partial charge in [0.05, 0.1) is 23.9 Å². The van der Waals surface area contributed by atoms with E-state index in [9.17, 15) is 9.18 Å². The van der Waals surface area contributed by atoms with Gasteiger partial charge in [-0.3, -0.25) is 0 Å². The van der Waals surface area contributed by atoms with Gasteiger partial charge in [-0.15, -0.1) is 0 Å². The molecule has 1 aromatic carbocycles. The van der Waals surface area contributed by atoms with Crippen LogP contribution in [0.4, 0.5) is 9.18 Å². The first kappa shape index (κ1) is 20.6. The molecule has 9 heteroatoms. The minimum absolute atomic E-state index is 0.0898. The van der Waals surface area contributed by atoms with Crippen LogP contribution < -0.4 is 4.74 Å². The highest BCUT2D eigenvalue weighted by Gasteiger charge is 2.26. The van der Waals surface area contributed by atoms with Gasteiger partial charge < -0.3 is 14.4 Å². The second-order valence-electron chi connectivity index (χ2n) is 7.62.